The predicted octanol–water partition coefficient (Wildman–Crippen LogP) is 3.23. The molecular weight excluding hydrogens is 368 g/mol. The molecule has 0 saturated heterocycles. The molecule has 2 N–H and O–H groups in total. The molecular formula is C22H26N4O3. The standard InChI is InChI=1S/C22H26N4O3/c1-23-22(24-12-13-28-15-18-10-6-7-11-20(18)27-2)25-14-19-16-29-21(26-19)17-8-4-3-5-9-17/h3-11,16H,12-15H2,1-2H3,(H2,23,24,25). The van der Waals surface area contributed by atoms with E-state index in [1.807, 2.05) is 54.6 Å². The summed E-state index contributed by atoms with van der Waals surface area (Å²) in [6.07, 6.45) is 1.65. The van der Waals surface area contributed by atoms with E-state index in [4.69, 9.17) is 13.9 Å². The maximum absolute atomic E-state index is 5.72. The minimum Gasteiger partial charge on any atom is -0.496 e. The summed E-state index contributed by atoms with van der Waals surface area (Å²) in [5.74, 6) is 2.12. The molecule has 0 spiro atoms. The number of nitrogens with zero attached hydrogens (tertiary/aromatic N) is 2. The van der Waals surface area contributed by atoms with Crippen molar-refractivity contribution in [3.05, 3.63) is 72.1 Å². The maximum atomic E-state index is 5.72. The van der Waals surface area contributed by atoms with E-state index in [2.05, 4.69) is 20.6 Å². The van der Waals surface area contributed by atoms with Crippen LogP contribution in [0.25, 0.3) is 11.5 Å². The molecule has 152 valence electrons. The molecule has 0 fully saturated rings. The molecule has 0 atom stereocenters. The summed E-state index contributed by atoms with van der Waals surface area (Å²) in [5.41, 5.74) is 2.78. The lowest BCUT2D eigenvalue weighted by atomic mass is 10.2. The Hall–Kier alpha value is -3.32. The first-order valence-electron chi connectivity index (χ1n) is 9.44. The van der Waals surface area contributed by atoms with Crippen molar-refractivity contribution < 1.29 is 13.9 Å². The number of rotatable bonds is 9. The lowest BCUT2D eigenvalue weighted by molar-refractivity contribution is 0.123. The Morgan fingerprint density at radius 1 is 1.07 bits per heavy atom. The molecule has 0 unspecified atom stereocenters. The number of aliphatic imine (C=N–C) groups is 1. The first-order valence-corrected chi connectivity index (χ1v) is 9.44. The van der Waals surface area contributed by atoms with E-state index >= 15 is 0 Å². The Bertz CT molecular complexity index is 909. The van der Waals surface area contributed by atoms with Crippen LogP contribution in [0.1, 0.15) is 11.3 Å². The van der Waals surface area contributed by atoms with Gasteiger partial charge in [0, 0.05) is 24.7 Å². The highest BCUT2D eigenvalue weighted by Crippen LogP contribution is 2.18. The highest BCUT2D eigenvalue weighted by Gasteiger charge is 2.07. The number of hydrogen-bond acceptors (Lipinski definition) is 5. The van der Waals surface area contributed by atoms with Gasteiger partial charge in [-0.2, -0.15) is 0 Å². The number of methoxy groups -OCH3 is 1. The average molecular weight is 394 g/mol. The molecule has 3 aromatic rings. The third kappa shape index (κ3) is 6.08. The van der Waals surface area contributed by atoms with Crippen LogP contribution in [0, 0.1) is 0 Å². The van der Waals surface area contributed by atoms with Gasteiger partial charge in [-0.05, 0) is 18.2 Å². The van der Waals surface area contributed by atoms with Gasteiger partial charge in [0.25, 0.3) is 0 Å². The van der Waals surface area contributed by atoms with Crippen molar-refractivity contribution in [3.8, 4) is 17.2 Å². The van der Waals surface area contributed by atoms with Crippen LogP contribution in [0.5, 0.6) is 5.75 Å². The fraction of sp³-hybridized carbons (Fsp3) is 0.273. The van der Waals surface area contributed by atoms with Gasteiger partial charge in [-0.1, -0.05) is 36.4 Å². The minimum absolute atomic E-state index is 0.499. The Morgan fingerprint density at radius 3 is 2.66 bits per heavy atom. The summed E-state index contributed by atoms with van der Waals surface area (Å²) in [5, 5.41) is 6.44. The van der Waals surface area contributed by atoms with Crippen molar-refractivity contribution in [3.63, 3.8) is 0 Å². The van der Waals surface area contributed by atoms with Crippen molar-refractivity contribution in [2.75, 3.05) is 27.3 Å². The van der Waals surface area contributed by atoms with E-state index in [-0.39, 0.29) is 0 Å². The zero-order valence-corrected chi connectivity index (χ0v) is 16.7. The lowest BCUT2D eigenvalue weighted by Gasteiger charge is -2.12. The third-order valence-corrected chi connectivity index (χ3v) is 4.22. The van der Waals surface area contributed by atoms with E-state index in [0.29, 0.717) is 38.2 Å². The summed E-state index contributed by atoms with van der Waals surface area (Å²) in [6.45, 7) is 2.18. The number of para-hydroxylation sites is 1. The molecule has 1 heterocycles. The van der Waals surface area contributed by atoms with Crippen LogP contribution in [-0.4, -0.2) is 38.3 Å². The van der Waals surface area contributed by atoms with E-state index in [9.17, 15) is 0 Å². The molecule has 0 aliphatic rings. The van der Waals surface area contributed by atoms with Crippen LogP contribution in [-0.2, 0) is 17.9 Å². The molecule has 0 aliphatic heterocycles. The quantitative estimate of drug-likeness (QED) is 0.329. The van der Waals surface area contributed by atoms with Crippen LogP contribution >= 0.6 is 0 Å². The number of guanidine groups is 1. The van der Waals surface area contributed by atoms with Crippen LogP contribution in [0.3, 0.4) is 0 Å². The molecule has 1 aromatic heterocycles. The van der Waals surface area contributed by atoms with Gasteiger partial charge in [-0.15, -0.1) is 0 Å². The fourth-order valence-corrected chi connectivity index (χ4v) is 2.74. The van der Waals surface area contributed by atoms with Crippen molar-refractivity contribution in [2.24, 2.45) is 4.99 Å². The van der Waals surface area contributed by atoms with Gasteiger partial charge in [0.1, 0.15) is 12.0 Å². The Labute approximate surface area is 170 Å². The summed E-state index contributed by atoms with van der Waals surface area (Å²) in [6, 6.07) is 17.6. The molecule has 3 rings (SSSR count). The summed E-state index contributed by atoms with van der Waals surface area (Å²) in [7, 11) is 3.39. The number of ether oxygens (including phenoxy) is 2. The largest absolute Gasteiger partial charge is 0.496 e. The fourth-order valence-electron chi connectivity index (χ4n) is 2.74. The molecule has 7 nitrogen and oxygen atoms in total. The number of aromatic nitrogens is 1. The Morgan fingerprint density at radius 2 is 1.86 bits per heavy atom. The van der Waals surface area contributed by atoms with E-state index in [0.717, 1.165) is 22.6 Å². The normalized spacial score (nSPS) is 11.3. The van der Waals surface area contributed by atoms with Gasteiger partial charge in [-0.25, -0.2) is 4.98 Å². The molecule has 0 saturated carbocycles. The Kier molecular flexibility index (Phi) is 7.65. The second-order valence-corrected chi connectivity index (χ2v) is 6.23. The molecule has 7 heteroatoms. The molecule has 0 radical (unpaired) electrons. The molecule has 0 aliphatic carbocycles. The van der Waals surface area contributed by atoms with Crippen LogP contribution < -0.4 is 15.4 Å². The molecule has 0 amide bonds. The number of benzene rings is 2. The van der Waals surface area contributed by atoms with E-state index < -0.39 is 0 Å². The minimum atomic E-state index is 0.499. The van der Waals surface area contributed by atoms with Crippen LogP contribution in [0.2, 0.25) is 0 Å². The Balaban J connectivity index is 1.38. The second-order valence-electron chi connectivity index (χ2n) is 6.23. The number of nitrogens with one attached hydrogen (secondary N) is 2. The van der Waals surface area contributed by atoms with Crippen molar-refractivity contribution >= 4 is 5.96 Å². The van der Waals surface area contributed by atoms with Crippen molar-refractivity contribution in [1.82, 2.24) is 15.6 Å². The summed E-state index contributed by atoms with van der Waals surface area (Å²) < 4.78 is 16.6. The first kappa shape index (κ1) is 20.4. The second kappa shape index (κ2) is 10.9. The average Bonchev–Trinajstić information content (AvgIpc) is 3.25. The van der Waals surface area contributed by atoms with Crippen LogP contribution in [0.15, 0.2) is 70.3 Å². The lowest BCUT2D eigenvalue weighted by Crippen LogP contribution is -2.38. The highest BCUT2D eigenvalue weighted by molar-refractivity contribution is 5.79. The van der Waals surface area contributed by atoms with Crippen LogP contribution in [0.4, 0.5) is 0 Å². The zero-order chi connectivity index (χ0) is 20.3. The smallest absolute Gasteiger partial charge is 0.226 e. The van der Waals surface area contributed by atoms with Gasteiger partial charge < -0.3 is 24.5 Å². The van der Waals surface area contributed by atoms with Gasteiger partial charge in [0.05, 0.1) is 32.6 Å². The summed E-state index contributed by atoms with van der Waals surface area (Å²) in [4.78, 5) is 8.71. The topological polar surface area (TPSA) is 80.9 Å². The van der Waals surface area contributed by atoms with Gasteiger partial charge in [0.15, 0.2) is 5.96 Å². The maximum Gasteiger partial charge on any atom is 0.226 e. The molecule has 2 aromatic carbocycles. The predicted molar refractivity (Wildman–Crippen MR) is 113 cm³/mol. The van der Waals surface area contributed by atoms with Gasteiger partial charge in [0.2, 0.25) is 5.89 Å². The van der Waals surface area contributed by atoms with Gasteiger partial charge in [-0.3, -0.25) is 4.99 Å². The SMILES string of the molecule is CN=C(NCCOCc1ccccc1OC)NCc1coc(-c2ccccc2)n1. The first-order chi connectivity index (χ1) is 14.3. The van der Waals surface area contributed by atoms with E-state index in [1.165, 1.54) is 0 Å². The van der Waals surface area contributed by atoms with E-state index in [1.54, 1.807) is 20.4 Å². The van der Waals surface area contributed by atoms with Gasteiger partial charge >= 0.3 is 0 Å². The molecule has 29 heavy (non-hydrogen) atoms. The summed E-state index contributed by atoms with van der Waals surface area (Å²) >= 11 is 0. The van der Waals surface area contributed by atoms with Crippen molar-refractivity contribution in [2.45, 2.75) is 13.2 Å². The zero-order valence-electron chi connectivity index (χ0n) is 16.7. The highest BCUT2D eigenvalue weighted by atomic mass is 16.5. The number of oxazole rings is 1. The monoisotopic (exact) mass is 394 g/mol. The van der Waals surface area contributed by atoms with Crippen molar-refractivity contribution in [1.29, 1.82) is 0 Å². The number of hydrogen-bond donors (Lipinski definition) is 2. The molecule has 0 bridgehead atoms. The third-order valence-electron chi connectivity index (χ3n) is 4.22.